The molecule has 64 heavy (non-hydrogen) atoms. The van der Waals surface area contributed by atoms with E-state index in [0.29, 0.717) is 56.9 Å². The van der Waals surface area contributed by atoms with E-state index in [0.717, 1.165) is 9.80 Å². The number of anilines is 4. The van der Waals surface area contributed by atoms with E-state index >= 15 is 0 Å². The van der Waals surface area contributed by atoms with Gasteiger partial charge in [0, 0.05) is 39.7 Å². The van der Waals surface area contributed by atoms with Crippen molar-refractivity contribution in [3.63, 3.8) is 0 Å². The first kappa shape index (κ1) is 39.9. The summed E-state index contributed by atoms with van der Waals surface area (Å²) in [5.41, 5.74) is 3.76. The predicted molar refractivity (Wildman–Crippen MR) is 239 cm³/mol. The summed E-state index contributed by atoms with van der Waals surface area (Å²) < 4.78 is 12.1. The standard InChI is InChI=1S/C52H30N4O8/c1-3-31-8-5-10-35(26-31)53-47(57)33-14-24-43-45(28-33)51(61)55(49(43)59)37-16-20-39(21-17-37)63-41-12-7-13-42(30-41)64-40-22-18-38(19-23-40)56-50(60)44-25-15-34(29-46(44)52(56)62)48(58)54-36-11-6-9-32(4-2)27-36/h1-2,5-30H,(H,53,57)(H,54,58). The smallest absolute Gasteiger partial charge is 0.266 e. The fourth-order valence-electron chi connectivity index (χ4n) is 7.21. The number of hydrogen-bond donors (Lipinski definition) is 2. The minimum Gasteiger partial charge on any atom is -0.457 e. The largest absolute Gasteiger partial charge is 0.457 e. The number of terminal acetylenes is 2. The minimum atomic E-state index is -0.570. The predicted octanol–water partition coefficient (Wildman–Crippen LogP) is 9.34. The molecule has 0 atom stereocenters. The molecular formula is C52H30N4O8. The lowest BCUT2D eigenvalue weighted by Gasteiger charge is -2.15. The fraction of sp³-hybridized carbons (Fsp3) is 0. The van der Waals surface area contributed by atoms with E-state index in [-0.39, 0.29) is 33.4 Å². The van der Waals surface area contributed by atoms with Gasteiger partial charge in [-0.15, -0.1) is 12.8 Å². The van der Waals surface area contributed by atoms with Gasteiger partial charge in [-0.05, 0) is 133 Å². The Bertz CT molecular complexity index is 3000. The third kappa shape index (κ3) is 7.69. The lowest BCUT2D eigenvalue weighted by Crippen LogP contribution is -2.29. The van der Waals surface area contributed by atoms with E-state index in [1.807, 2.05) is 0 Å². The van der Waals surface area contributed by atoms with Gasteiger partial charge in [0.15, 0.2) is 0 Å². The van der Waals surface area contributed by atoms with Crippen LogP contribution in [0.25, 0.3) is 0 Å². The van der Waals surface area contributed by atoms with Crippen molar-refractivity contribution in [2.24, 2.45) is 0 Å². The van der Waals surface area contributed by atoms with E-state index in [4.69, 9.17) is 22.3 Å². The molecule has 0 aromatic heterocycles. The van der Waals surface area contributed by atoms with E-state index < -0.39 is 35.4 Å². The lowest BCUT2D eigenvalue weighted by atomic mass is 10.1. The number of ether oxygens (including phenoxy) is 2. The molecule has 0 saturated carbocycles. The Morgan fingerprint density at radius 2 is 0.812 bits per heavy atom. The summed E-state index contributed by atoms with van der Waals surface area (Å²) in [5.74, 6) is 3.60. The Balaban J connectivity index is 0.824. The van der Waals surface area contributed by atoms with Gasteiger partial charge in [-0.3, -0.25) is 28.8 Å². The highest BCUT2D eigenvalue weighted by Crippen LogP contribution is 2.35. The molecule has 0 unspecified atom stereocenters. The Labute approximate surface area is 365 Å². The number of carbonyl (C=O) groups excluding carboxylic acids is 6. The number of nitrogens with zero attached hydrogens (tertiary/aromatic N) is 2. The Hall–Kier alpha value is -9.52. The second kappa shape index (κ2) is 16.5. The molecule has 12 heteroatoms. The molecule has 6 amide bonds. The minimum absolute atomic E-state index is 0.104. The van der Waals surface area contributed by atoms with Gasteiger partial charge in [-0.2, -0.15) is 0 Å². The van der Waals surface area contributed by atoms with E-state index in [2.05, 4.69) is 22.5 Å². The molecule has 2 aliphatic heterocycles. The van der Waals surface area contributed by atoms with Crippen molar-refractivity contribution in [3.8, 4) is 47.7 Å². The quantitative estimate of drug-likeness (QED) is 0.102. The van der Waals surface area contributed by atoms with Crippen molar-refractivity contribution in [1.29, 1.82) is 0 Å². The van der Waals surface area contributed by atoms with Gasteiger partial charge in [0.25, 0.3) is 35.4 Å². The van der Waals surface area contributed by atoms with Crippen LogP contribution in [0.4, 0.5) is 22.7 Å². The molecule has 0 bridgehead atoms. The van der Waals surface area contributed by atoms with Crippen LogP contribution in [0.1, 0.15) is 73.3 Å². The van der Waals surface area contributed by atoms with Crippen molar-refractivity contribution in [2.45, 2.75) is 0 Å². The first-order chi connectivity index (χ1) is 31.1. The van der Waals surface area contributed by atoms with Gasteiger partial charge < -0.3 is 20.1 Å². The third-order valence-corrected chi connectivity index (χ3v) is 10.3. The van der Waals surface area contributed by atoms with Gasteiger partial charge in [-0.25, -0.2) is 9.80 Å². The number of hydrogen-bond acceptors (Lipinski definition) is 8. The van der Waals surface area contributed by atoms with Crippen LogP contribution in [0.15, 0.2) is 158 Å². The molecule has 9 rings (SSSR count). The molecule has 0 radical (unpaired) electrons. The van der Waals surface area contributed by atoms with Crippen LogP contribution in [0, 0.1) is 24.7 Å². The molecule has 2 aliphatic rings. The van der Waals surface area contributed by atoms with Crippen LogP contribution in [-0.2, 0) is 0 Å². The first-order valence-corrected chi connectivity index (χ1v) is 19.5. The SMILES string of the molecule is C#Cc1cccc(NC(=O)c2ccc3c(c2)C(=O)N(c2ccc(Oc4cccc(Oc5ccc(N6C(=O)c7ccc(C(=O)Nc8cccc(C#C)c8)cc7C6=O)cc5)c4)cc2)C3=O)c1. The number of fused-ring (bicyclic) bond motifs is 2. The summed E-state index contributed by atoms with van der Waals surface area (Å²) >= 11 is 0. The van der Waals surface area contributed by atoms with Crippen LogP contribution < -0.4 is 29.9 Å². The van der Waals surface area contributed by atoms with Crippen molar-refractivity contribution in [3.05, 3.63) is 202 Å². The zero-order chi connectivity index (χ0) is 44.5. The Morgan fingerprint density at radius 3 is 1.22 bits per heavy atom. The molecule has 2 N–H and O–H groups in total. The maximum atomic E-state index is 13.5. The average molecular weight is 839 g/mol. The molecule has 0 fully saturated rings. The number of rotatable bonds is 10. The zero-order valence-electron chi connectivity index (χ0n) is 33.3. The summed E-state index contributed by atoms with van der Waals surface area (Å²) in [5, 5.41) is 5.52. The van der Waals surface area contributed by atoms with Gasteiger partial charge in [0.05, 0.1) is 33.6 Å². The molecule has 306 valence electrons. The third-order valence-electron chi connectivity index (χ3n) is 10.3. The summed E-state index contributed by atoms with van der Waals surface area (Å²) in [6, 6.07) is 41.9. The van der Waals surface area contributed by atoms with Crippen LogP contribution in [0.3, 0.4) is 0 Å². The highest BCUT2D eigenvalue weighted by Gasteiger charge is 2.38. The molecule has 0 spiro atoms. The van der Waals surface area contributed by atoms with Crippen LogP contribution in [0.5, 0.6) is 23.0 Å². The molecule has 7 aromatic rings. The molecule has 7 aromatic carbocycles. The maximum Gasteiger partial charge on any atom is 0.266 e. The number of nitrogens with one attached hydrogen (secondary N) is 2. The summed E-state index contributed by atoms with van der Waals surface area (Å²) in [4.78, 5) is 81.8. The second-order valence-electron chi connectivity index (χ2n) is 14.4. The molecule has 12 nitrogen and oxygen atoms in total. The van der Waals surface area contributed by atoms with E-state index in [9.17, 15) is 28.8 Å². The molecule has 0 saturated heterocycles. The van der Waals surface area contributed by atoms with Crippen molar-refractivity contribution in [1.82, 2.24) is 0 Å². The molecular weight excluding hydrogens is 809 g/mol. The monoisotopic (exact) mass is 838 g/mol. The summed E-state index contributed by atoms with van der Waals surface area (Å²) in [6.45, 7) is 0. The van der Waals surface area contributed by atoms with Gasteiger partial charge in [0.1, 0.15) is 23.0 Å². The van der Waals surface area contributed by atoms with Crippen LogP contribution in [-0.4, -0.2) is 35.4 Å². The number of benzene rings is 7. The number of imide groups is 2. The Morgan fingerprint density at radius 1 is 0.422 bits per heavy atom. The topological polar surface area (TPSA) is 151 Å². The van der Waals surface area contributed by atoms with Crippen LogP contribution in [0.2, 0.25) is 0 Å². The Kier molecular flexibility index (Phi) is 10.3. The fourth-order valence-corrected chi connectivity index (χ4v) is 7.21. The summed E-state index contributed by atoms with van der Waals surface area (Å²) in [6.07, 6.45) is 10.9. The van der Waals surface area contributed by atoms with E-state index in [1.165, 1.54) is 36.4 Å². The highest BCUT2D eigenvalue weighted by molar-refractivity contribution is 6.35. The van der Waals surface area contributed by atoms with Crippen molar-refractivity contribution < 1.29 is 38.2 Å². The molecule has 0 aliphatic carbocycles. The van der Waals surface area contributed by atoms with Crippen molar-refractivity contribution in [2.75, 3.05) is 20.4 Å². The number of carbonyl (C=O) groups is 6. The molecule has 2 heterocycles. The van der Waals surface area contributed by atoms with Gasteiger partial charge in [0.2, 0.25) is 0 Å². The lowest BCUT2D eigenvalue weighted by molar-refractivity contribution is 0.0910. The van der Waals surface area contributed by atoms with Gasteiger partial charge in [-0.1, -0.05) is 30.0 Å². The van der Waals surface area contributed by atoms with E-state index in [1.54, 1.807) is 121 Å². The van der Waals surface area contributed by atoms with Crippen molar-refractivity contribution >= 4 is 58.2 Å². The number of amides is 6. The average Bonchev–Trinajstić information content (AvgIpc) is 3.72. The van der Waals surface area contributed by atoms with Crippen LogP contribution >= 0.6 is 0 Å². The summed E-state index contributed by atoms with van der Waals surface area (Å²) in [7, 11) is 0. The first-order valence-electron chi connectivity index (χ1n) is 19.5. The zero-order valence-corrected chi connectivity index (χ0v) is 33.3. The normalized spacial score (nSPS) is 12.5. The second-order valence-corrected chi connectivity index (χ2v) is 14.4. The maximum absolute atomic E-state index is 13.5. The highest BCUT2D eigenvalue weighted by atomic mass is 16.5. The van der Waals surface area contributed by atoms with Gasteiger partial charge >= 0.3 is 0 Å².